The minimum atomic E-state index is -0.668. The molecule has 0 aliphatic rings. The number of amides is 1. The molecule has 1 amide bonds. The van der Waals surface area contributed by atoms with E-state index in [0.717, 1.165) is 6.07 Å². The summed E-state index contributed by atoms with van der Waals surface area (Å²) in [5, 5.41) is 4.96. The Bertz CT molecular complexity index is 882. The molecule has 9 heteroatoms. The van der Waals surface area contributed by atoms with Gasteiger partial charge in [0.05, 0.1) is 25.3 Å². The SMILES string of the molecule is COC(=O)c1cc(NC(=S)NC(=O)c2cccc(F)c2)cc(C(=O)OC)c1. The molecule has 2 aromatic rings. The molecule has 7 nitrogen and oxygen atoms in total. The largest absolute Gasteiger partial charge is 0.465 e. The Morgan fingerprint density at radius 2 is 1.52 bits per heavy atom. The minimum Gasteiger partial charge on any atom is -0.465 e. The molecular formula is C18H15FN2O5S. The summed E-state index contributed by atoms with van der Waals surface area (Å²) >= 11 is 5.05. The second kappa shape index (κ2) is 8.86. The fourth-order valence-electron chi connectivity index (χ4n) is 2.14. The highest BCUT2D eigenvalue weighted by molar-refractivity contribution is 7.80. The highest BCUT2D eigenvalue weighted by Gasteiger charge is 2.15. The van der Waals surface area contributed by atoms with Gasteiger partial charge in [-0.05, 0) is 48.6 Å². The van der Waals surface area contributed by atoms with Crippen LogP contribution in [0.15, 0.2) is 42.5 Å². The van der Waals surface area contributed by atoms with Gasteiger partial charge >= 0.3 is 11.9 Å². The molecule has 140 valence electrons. The topological polar surface area (TPSA) is 93.7 Å². The summed E-state index contributed by atoms with van der Waals surface area (Å²) in [5.41, 5.74) is 0.505. The van der Waals surface area contributed by atoms with Crippen molar-refractivity contribution in [2.45, 2.75) is 0 Å². The third-order valence-corrected chi connectivity index (χ3v) is 3.55. The van der Waals surface area contributed by atoms with Crippen LogP contribution in [0.1, 0.15) is 31.1 Å². The highest BCUT2D eigenvalue weighted by atomic mass is 32.1. The molecule has 0 aliphatic carbocycles. The molecule has 0 spiro atoms. The Morgan fingerprint density at radius 3 is 2.04 bits per heavy atom. The molecule has 2 N–H and O–H groups in total. The monoisotopic (exact) mass is 390 g/mol. The van der Waals surface area contributed by atoms with Crippen LogP contribution in [0.4, 0.5) is 10.1 Å². The van der Waals surface area contributed by atoms with Crippen molar-refractivity contribution in [3.8, 4) is 0 Å². The smallest absolute Gasteiger partial charge is 0.337 e. The lowest BCUT2D eigenvalue weighted by molar-refractivity contribution is 0.0599. The van der Waals surface area contributed by atoms with Crippen LogP contribution >= 0.6 is 12.2 Å². The van der Waals surface area contributed by atoms with Crippen LogP contribution in [0.5, 0.6) is 0 Å². The molecule has 0 unspecified atom stereocenters. The van der Waals surface area contributed by atoms with Crippen LogP contribution in [-0.2, 0) is 9.47 Å². The van der Waals surface area contributed by atoms with Crippen molar-refractivity contribution in [2.75, 3.05) is 19.5 Å². The third kappa shape index (κ3) is 5.32. The molecule has 0 saturated heterocycles. The van der Waals surface area contributed by atoms with E-state index in [1.54, 1.807) is 0 Å². The fraction of sp³-hybridized carbons (Fsp3) is 0.111. The molecule has 0 fully saturated rings. The molecule has 0 radical (unpaired) electrons. The lowest BCUT2D eigenvalue weighted by atomic mass is 10.1. The van der Waals surface area contributed by atoms with Crippen molar-refractivity contribution in [2.24, 2.45) is 0 Å². The quantitative estimate of drug-likeness (QED) is 0.612. The average molecular weight is 390 g/mol. The number of ether oxygens (including phenoxy) is 2. The van der Waals surface area contributed by atoms with Gasteiger partial charge in [0.2, 0.25) is 0 Å². The summed E-state index contributed by atoms with van der Waals surface area (Å²) in [5.74, 6) is -2.52. The Labute approximate surface area is 159 Å². The van der Waals surface area contributed by atoms with E-state index in [4.69, 9.17) is 12.2 Å². The number of benzene rings is 2. The number of nitrogens with one attached hydrogen (secondary N) is 2. The van der Waals surface area contributed by atoms with Crippen molar-refractivity contribution in [1.29, 1.82) is 0 Å². The average Bonchev–Trinajstić information content (AvgIpc) is 2.66. The van der Waals surface area contributed by atoms with E-state index in [-0.39, 0.29) is 27.5 Å². The zero-order chi connectivity index (χ0) is 20.0. The number of hydrogen-bond donors (Lipinski definition) is 2. The molecule has 27 heavy (non-hydrogen) atoms. The Kier molecular flexibility index (Phi) is 6.56. The van der Waals surface area contributed by atoms with Gasteiger partial charge in [0.25, 0.3) is 5.91 Å². The van der Waals surface area contributed by atoms with E-state index in [2.05, 4.69) is 20.1 Å². The molecule has 0 atom stereocenters. The van der Waals surface area contributed by atoms with E-state index < -0.39 is 23.7 Å². The minimum absolute atomic E-state index is 0.0812. The van der Waals surface area contributed by atoms with Gasteiger partial charge in [-0.15, -0.1) is 0 Å². The van der Waals surface area contributed by atoms with Crippen molar-refractivity contribution >= 4 is 40.9 Å². The normalized spacial score (nSPS) is 9.89. The Balaban J connectivity index is 2.19. The van der Waals surface area contributed by atoms with Crippen molar-refractivity contribution in [1.82, 2.24) is 5.32 Å². The summed E-state index contributed by atoms with van der Waals surface area (Å²) in [6, 6.07) is 9.16. The molecule has 0 saturated carbocycles. The number of carbonyl (C=O) groups is 3. The van der Waals surface area contributed by atoms with Crippen molar-refractivity contribution in [3.05, 3.63) is 65.0 Å². The van der Waals surface area contributed by atoms with Crippen LogP contribution in [0.2, 0.25) is 0 Å². The molecular weight excluding hydrogens is 375 g/mol. The van der Waals surface area contributed by atoms with Gasteiger partial charge in [0.15, 0.2) is 5.11 Å². The summed E-state index contributed by atoms with van der Waals surface area (Å²) in [4.78, 5) is 35.6. The number of anilines is 1. The number of rotatable bonds is 4. The molecule has 2 aromatic carbocycles. The maximum Gasteiger partial charge on any atom is 0.337 e. The van der Waals surface area contributed by atoms with Crippen molar-refractivity contribution in [3.63, 3.8) is 0 Å². The maximum atomic E-state index is 13.2. The van der Waals surface area contributed by atoms with E-state index in [1.807, 2.05) is 0 Å². The van der Waals surface area contributed by atoms with Crippen LogP contribution in [-0.4, -0.2) is 37.2 Å². The Hall–Kier alpha value is -3.33. The first-order valence-corrected chi connectivity index (χ1v) is 7.94. The van der Waals surface area contributed by atoms with Gasteiger partial charge in [0.1, 0.15) is 5.82 Å². The highest BCUT2D eigenvalue weighted by Crippen LogP contribution is 2.17. The molecule has 0 aromatic heterocycles. The second-order valence-corrected chi connectivity index (χ2v) is 5.61. The standard InChI is InChI=1S/C18H15FN2O5S/c1-25-16(23)11-6-12(17(24)26-2)9-14(8-11)20-18(27)21-15(22)10-4-3-5-13(19)7-10/h3-9H,1-2H3,(H2,20,21,22,27). The number of hydrogen-bond acceptors (Lipinski definition) is 6. The number of thiocarbonyl (C=S) groups is 1. The molecule has 0 aliphatic heterocycles. The van der Waals surface area contributed by atoms with Crippen molar-refractivity contribution < 1.29 is 28.2 Å². The van der Waals surface area contributed by atoms with E-state index in [0.29, 0.717) is 0 Å². The fourth-order valence-corrected chi connectivity index (χ4v) is 2.35. The summed E-state index contributed by atoms with van der Waals surface area (Å²) in [6.07, 6.45) is 0. The number of halogens is 1. The zero-order valence-electron chi connectivity index (χ0n) is 14.4. The van der Waals surface area contributed by atoms with E-state index >= 15 is 0 Å². The van der Waals surface area contributed by atoms with Crippen LogP contribution < -0.4 is 10.6 Å². The third-order valence-electron chi connectivity index (χ3n) is 3.35. The number of carbonyl (C=O) groups excluding carboxylic acids is 3. The zero-order valence-corrected chi connectivity index (χ0v) is 15.2. The molecule has 0 bridgehead atoms. The summed E-state index contributed by atoms with van der Waals surface area (Å²) in [7, 11) is 2.40. The van der Waals surface area contributed by atoms with E-state index in [9.17, 15) is 18.8 Å². The Morgan fingerprint density at radius 1 is 0.926 bits per heavy atom. The van der Waals surface area contributed by atoms with Gasteiger partial charge in [-0.2, -0.15) is 0 Å². The second-order valence-electron chi connectivity index (χ2n) is 5.20. The summed E-state index contributed by atoms with van der Waals surface area (Å²) < 4.78 is 22.5. The number of esters is 2. The predicted octanol–water partition coefficient (Wildman–Crippen LogP) is 2.53. The van der Waals surface area contributed by atoms with Gasteiger partial charge in [-0.1, -0.05) is 6.07 Å². The van der Waals surface area contributed by atoms with Crippen LogP contribution in [0.3, 0.4) is 0 Å². The first-order valence-electron chi connectivity index (χ1n) is 7.53. The molecule has 2 rings (SSSR count). The van der Waals surface area contributed by atoms with Crippen LogP contribution in [0.25, 0.3) is 0 Å². The first-order chi connectivity index (χ1) is 12.8. The predicted molar refractivity (Wildman–Crippen MR) is 99.2 cm³/mol. The van der Waals surface area contributed by atoms with E-state index in [1.165, 1.54) is 50.6 Å². The van der Waals surface area contributed by atoms with Gasteiger partial charge in [-0.3, -0.25) is 10.1 Å². The lowest BCUT2D eigenvalue weighted by Gasteiger charge is -2.12. The number of methoxy groups -OCH3 is 2. The van der Waals surface area contributed by atoms with Gasteiger partial charge in [-0.25, -0.2) is 14.0 Å². The van der Waals surface area contributed by atoms with Gasteiger partial charge in [0, 0.05) is 11.3 Å². The van der Waals surface area contributed by atoms with Gasteiger partial charge < -0.3 is 14.8 Å². The van der Waals surface area contributed by atoms with Crippen LogP contribution in [0, 0.1) is 5.82 Å². The molecule has 0 heterocycles. The maximum absolute atomic E-state index is 13.2. The summed E-state index contributed by atoms with van der Waals surface area (Å²) in [6.45, 7) is 0. The lowest BCUT2D eigenvalue weighted by Crippen LogP contribution is -2.34. The first kappa shape index (κ1) is 20.0.